The van der Waals surface area contributed by atoms with Gasteiger partial charge in [-0.3, -0.25) is 0 Å². The molecule has 0 radical (unpaired) electrons. The Morgan fingerprint density at radius 2 is 2.19 bits per heavy atom. The highest BCUT2D eigenvalue weighted by Gasteiger charge is 2.07. The molecule has 1 heterocycles. The third-order valence-electron chi connectivity index (χ3n) is 2.96. The number of rotatable bonds is 4. The van der Waals surface area contributed by atoms with Crippen molar-refractivity contribution in [3.63, 3.8) is 0 Å². The quantitative estimate of drug-likeness (QED) is 0.784. The number of likely N-dealkylation sites (N-methyl/N-ethyl adjacent to an activating group) is 1. The summed E-state index contributed by atoms with van der Waals surface area (Å²) in [5, 5.41) is 5.46. The second-order valence-corrected chi connectivity index (χ2v) is 4.42. The van der Waals surface area contributed by atoms with E-state index < -0.39 is 0 Å². The van der Waals surface area contributed by atoms with E-state index in [9.17, 15) is 0 Å². The maximum atomic E-state index is 6.09. The molecular formula is C13H17ClN2. The zero-order valence-electron chi connectivity index (χ0n) is 9.73. The summed E-state index contributed by atoms with van der Waals surface area (Å²) in [7, 11) is 0. The monoisotopic (exact) mass is 236 g/mol. The molecule has 1 aromatic heterocycles. The first-order valence-corrected chi connectivity index (χ1v) is 6.07. The Balaban J connectivity index is 2.31. The molecule has 1 aromatic carbocycles. The number of hydrogen-bond donors (Lipinski definition) is 2. The van der Waals surface area contributed by atoms with Gasteiger partial charge in [-0.15, -0.1) is 0 Å². The predicted octanol–water partition coefficient (Wildman–Crippen LogP) is 3.28. The number of aryl methyl sites for hydroxylation is 1. The molecule has 0 saturated heterocycles. The van der Waals surface area contributed by atoms with Crippen LogP contribution < -0.4 is 5.32 Å². The van der Waals surface area contributed by atoms with Gasteiger partial charge in [0.25, 0.3) is 0 Å². The summed E-state index contributed by atoms with van der Waals surface area (Å²) in [6.07, 6.45) is 3.14. The fraction of sp³-hybridized carbons (Fsp3) is 0.385. The van der Waals surface area contributed by atoms with Gasteiger partial charge in [-0.2, -0.15) is 0 Å². The minimum Gasteiger partial charge on any atom is -0.361 e. The summed E-state index contributed by atoms with van der Waals surface area (Å²) in [5.74, 6) is 0. The number of hydrogen-bond acceptors (Lipinski definition) is 1. The number of benzene rings is 1. The lowest BCUT2D eigenvalue weighted by Gasteiger charge is -2.02. The van der Waals surface area contributed by atoms with Crippen LogP contribution in [0.15, 0.2) is 18.3 Å². The van der Waals surface area contributed by atoms with Crippen molar-refractivity contribution >= 4 is 22.5 Å². The van der Waals surface area contributed by atoms with Crippen LogP contribution in [0, 0.1) is 6.92 Å². The highest BCUT2D eigenvalue weighted by molar-refractivity contribution is 6.32. The molecule has 0 bridgehead atoms. The van der Waals surface area contributed by atoms with Crippen molar-refractivity contribution in [2.24, 2.45) is 0 Å². The van der Waals surface area contributed by atoms with E-state index in [2.05, 4.69) is 36.4 Å². The fourth-order valence-corrected chi connectivity index (χ4v) is 2.14. The van der Waals surface area contributed by atoms with Crippen LogP contribution in [0.2, 0.25) is 5.02 Å². The maximum absolute atomic E-state index is 6.09. The Hall–Kier alpha value is -0.990. The zero-order chi connectivity index (χ0) is 11.5. The van der Waals surface area contributed by atoms with Crippen molar-refractivity contribution in [2.45, 2.75) is 20.3 Å². The lowest BCUT2D eigenvalue weighted by Crippen LogP contribution is -2.15. The van der Waals surface area contributed by atoms with E-state index in [1.54, 1.807) is 0 Å². The lowest BCUT2D eigenvalue weighted by atomic mass is 10.1. The second-order valence-electron chi connectivity index (χ2n) is 4.01. The average Bonchev–Trinajstić information content (AvgIpc) is 2.68. The summed E-state index contributed by atoms with van der Waals surface area (Å²) in [4.78, 5) is 3.31. The summed E-state index contributed by atoms with van der Waals surface area (Å²) >= 11 is 6.09. The summed E-state index contributed by atoms with van der Waals surface area (Å²) in [6, 6.07) is 4.08. The minimum absolute atomic E-state index is 0.826. The molecule has 2 aromatic rings. The van der Waals surface area contributed by atoms with E-state index in [0.717, 1.165) is 30.1 Å². The Morgan fingerprint density at radius 1 is 1.38 bits per heavy atom. The SMILES string of the molecule is CCNCCc1c[nH]c2c(C)c(Cl)ccc12. The number of fused-ring (bicyclic) bond motifs is 1. The van der Waals surface area contributed by atoms with Crippen molar-refractivity contribution in [1.29, 1.82) is 0 Å². The lowest BCUT2D eigenvalue weighted by molar-refractivity contribution is 0.718. The van der Waals surface area contributed by atoms with Crippen molar-refractivity contribution in [3.8, 4) is 0 Å². The average molecular weight is 237 g/mol. The summed E-state index contributed by atoms with van der Waals surface area (Å²) in [5.41, 5.74) is 3.66. The third-order valence-corrected chi connectivity index (χ3v) is 3.37. The molecule has 86 valence electrons. The van der Waals surface area contributed by atoms with Crippen LogP contribution in [0.25, 0.3) is 10.9 Å². The predicted molar refractivity (Wildman–Crippen MR) is 70.3 cm³/mol. The normalized spacial score (nSPS) is 11.2. The van der Waals surface area contributed by atoms with E-state index in [0.29, 0.717) is 0 Å². The van der Waals surface area contributed by atoms with Crippen LogP contribution in [0.3, 0.4) is 0 Å². The van der Waals surface area contributed by atoms with Gasteiger partial charge < -0.3 is 10.3 Å². The molecule has 3 heteroatoms. The molecule has 0 unspecified atom stereocenters. The van der Waals surface area contributed by atoms with Gasteiger partial charge in [0.2, 0.25) is 0 Å². The molecule has 0 amide bonds. The summed E-state index contributed by atoms with van der Waals surface area (Å²) < 4.78 is 0. The van der Waals surface area contributed by atoms with Crippen LogP contribution in [-0.4, -0.2) is 18.1 Å². The largest absolute Gasteiger partial charge is 0.361 e. The zero-order valence-corrected chi connectivity index (χ0v) is 10.5. The molecule has 0 atom stereocenters. The topological polar surface area (TPSA) is 27.8 Å². The molecule has 0 aliphatic rings. The fourth-order valence-electron chi connectivity index (χ4n) is 1.98. The third kappa shape index (κ3) is 2.08. The van der Waals surface area contributed by atoms with E-state index in [1.165, 1.54) is 16.5 Å². The van der Waals surface area contributed by atoms with E-state index in [-0.39, 0.29) is 0 Å². The number of nitrogens with one attached hydrogen (secondary N) is 2. The Kier molecular flexibility index (Phi) is 3.52. The number of aromatic nitrogens is 1. The molecule has 0 aliphatic heterocycles. The number of H-pyrrole nitrogens is 1. The smallest absolute Gasteiger partial charge is 0.0501 e. The first-order chi connectivity index (χ1) is 7.74. The van der Waals surface area contributed by atoms with Crippen molar-refractivity contribution in [3.05, 3.63) is 34.5 Å². The molecule has 2 rings (SSSR count). The van der Waals surface area contributed by atoms with Gasteiger partial charge in [0.05, 0.1) is 5.52 Å². The Bertz CT molecular complexity index is 488. The molecule has 2 nitrogen and oxygen atoms in total. The van der Waals surface area contributed by atoms with Crippen molar-refractivity contribution in [1.82, 2.24) is 10.3 Å². The van der Waals surface area contributed by atoms with Crippen molar-refractivity contribution in [2.75, 3.05) is 13.1 Å². The Morgan fingerprint density at radius 3 is 2.94 bits per heavy atom. The van der Waals surface area contributed by atoms with Crippen LogP contribution in [0.1, 0.15) is 18.1 Å². The molecule has 0 spiro atoms. The first kappa shape index (κ1) is 11.5. The molecular weight excluding hydrogens is 220 g/mol. The highest BCUT2D eigenvalue weighted by atomic mass is 35.5. The molecule has 2 N–H and O–H groups in total. The first-order valence-electron chi connectivity index (χ1n) is 5.69. The number of halogens is 1. The van der Waals surface area contributed by atoms with Gasteiger partial charge in [-0.1, -0.05) is 24.6 Å². The van der Waals surface area contributed by atoms with Gasteiger partial charge in [0.15, 0.2) is 0 Å². The highest BCUT2D eigenvalue weighted by Crippen LogP contribution is 2.26. The van der Waals surface area contributed by atoms with Crippen LogP contribution in [-0.2, 0) is 6.42 Å². The van der Waals surface area contributed by atoms with Gasteiger partial charge in [-0.05, 0) is 43.6 Å². The minimum atomic E-state index is 0.826. The van der Waals surface area contributed by atoms with Crippen molar-refractivity contribution < 1.29 is 0 Å². The van der Waals surface area contributed by atoms with Gasteiger partial charge in [-0.25, -0.2) is 0 Å². The van der Waals surface area contributed by atoms with Gasteiger partial charge in [0, 0.05) is 16.6 Å². The molecule has 0 fully saturated rings. The molecule has 16 heavy (non-hydrogen) atoms. The van der Waals surface area contributed by atoms with Crippen LogP contribution in [0.4, 0.5) is 0 Å². The molecule has 0 aliphatic carbocycles. The summed E-state index contributed by atoms with van der Waals surface area (Å²) in [6.45, 7) is 6.22. The Labute approximate surface area is 101 Å². The van der Waals surface area contributed by atoms with E-state index >= 15 is 0 Å². The second kappa shape index (κ2) is 4.89. The number of aromatic amines is 1. The van der Waals surface area contributed by atoms with Gasteiger partial charge >= 0.3 is 0 Å². The molecule has 0 saturated carbocycles. The van der Waals surface area contributed by atoms with Crippen LogP contribution in [0.5, 0.6) is 0 Å². The van der Waals surface area contributed by atoms with Gasteiger partial charge in [0.1, 0.15) is 0 Å². The van der Waals surface area contributed by atoms with Crippen LogP contribution >= 0.6 is 11.6 Å². The van der Waals surface area contributed by atoms with E-state index in [4.69, 9.17) is 11.6 Å². The van der Waals surface area contributed by atoms with E-state index in [1.807, 2.05) is 6.07 Å². The maximum Gasteiger partial charge on any atom is 0.0501 e. The standard InChI is InChI=1S/C13H17ClN2/c1-3-15-7-6-10-8-16-13-9(2)12(14)5-4-11(10)13/h4-5,8,15-16H,3,6-7H2,1-2H3.